The van der Waals surface area contributed by atoms with Crippen molar-refractivity contribution in [2.45, 2.75) is 0 Å². The predicted octanol–water partition coefficient (Wildman–Crippen LogP) is -2.47. The number of tetrazole rings is 1. The standard InChI is InChI=1S/C17H14N5.ClHO4/c1-21-17-18-15(13-8-4-2-5-9-13)12-16(22(17)20-19-21)14-10-6-3-7-11-14;2-1(3,4)5/h2-12H,1H3;(H,2,3,4,5)/q+1;/p-1. The molecule has 0 fully saturated rings. The number of hydrogen-bond acceptors (Lipinski definition) is 7. The number of aryl methyl sites for hydroxylation is 1. The molecule has 0 amide bonds. The molecule has 0 saturated carbocycles. The highest BCUT2D eigenvalue weighted by Gasteiger charge is 2.20. The number of benzene rings is 2. The van der Waals surface area contributed by atoms with E-state index in [1.807, 2.05) is 49.5 Å². The minimum atomic E-state index is -4.94. The number of aromatic nitrogens is 5. The summed E-state index contributed by atoms with van der Waals surface area (Å²) in [5.74, 6) is 0.709. The second-order valence-electron chi connectivity index (χ2n) is 5.45. The summed E-state index contributed by atoms with van der Waals surface area (Å²) in [5.41, 5.74) is 4.03. The summed E-state index contributed by atoms with van der Waals surface area (Å²) in [6, 6.07) is 22.3. The van der Waals surface area contributed by atoms with Gasteiger partial charge in [-0.05, 0) is 0 Å². The Morgan fingerprint density at radius 2 is 1.37 bits per heavy atom. The molecule has 0 unspecified atom stereocenters. The van der Waals surface area contributed by atoms with E-state index >= 15 is 0 Å². The van der Waals surface area contributed by atoms with Crippen molar-refractivity contribution in [1.82, 2.24) is 19.9 Å². The summed E-state index contributed by atoms with van der Waals surface area (Å²) < 4.78 is 37.4. The number of nitrogens with zero attached hydrogens (tertiary/aromatic N) is 5. The Hall–Kier alpha value is -2.95. The van der Waals surface area contributed by atoms with Crippen LogP contribution in [0.2, 0.25) is 0 Å². The molecule has 0 bridgehead atoms. The molecule has 0 aliphatic carbocycles. The van der Waals surface area contributed by atoms with Crippen molar-refractivity contribution in [1.29, 1.82) is 0 Å². The average molecular weight is 388 g/mol. The molecule has 0 atom stereocenters. The van der Waals surface area contributed by atoms with Gasteiger partial charge in [-0.15, -0.1) is 19.9 Å². The highest BCUT2D eigenvalue weighted by atomic mass is 35.7. The Balaban J connectivity index is 0.000000376. The van der Waals surface area contributed by atoms with Crippen LogP contribution in [0.4, 0.5) is 0 Å². The van der Waals surface area contributed by atoms with Crippen LogP contribution in [0.1, 0.15) is 0 Å². The lowest BCUT2D eigenvalue weighted by Crippen LogP contribution is -2.68. The molecule has 138 valence electrons. The molecule has 0 N–H and O–H groups in total. The van der Waals surface area contributed by atoms with E-state index in [1.54, 1.807) is 9.20 Å². The summed E-state index contributed by atoms with van der Waals surface area (Å²) >= 11 is 0. The smallest absolute Gasteiger partial charge is 0.222 e. The number of rotatable bonds is 2. The fraction of sp³-hybridized carbons (Fsp3) is 0.0588. The molecule has 0 aliphatic rings. The van der Waals surface area contributed by atoms with E-state index in [2.05, 4.69) is 34.7 Å². The Morgan fingerprint density at radius 1 is 0.852 bits per heavy atom. The van der Waals surface area contributed by atoms with Gasteiger partial charge >= 0.3 is 5.78 Å². The predicted molar refractivity (Wildman–Crippen MR) is 82.8 cm³/mol. The first-order valence-corrected chi connectivity index (χ1v) is 8.92. The molecule has 9 nitrogen and oxygen atoms in total. The molecule has 2 aromatic heterocycles. The maximum atomic E-state index is 8.49. The van der Waals surface area contributed by atoms with E-state index < -0.39 is 10.2 Å². The maximum absolute atomic E-state index is 8.49. The summed E-state index contributed by atoms with van der Waals surface area (Å²) in [4.78, 5) is 4.69. The van der Waals surface area contributed by atoms with Gasteiger partial charge in [0.2, 0.25) is 0 Å². The Bertz CT molecular complexity index is 1030. The highest BCUT2D eigenvalue weighted by molar-refractivity contribution is 5.69. The monoisotopic (exact) mass is 387 g/mol. The van der Waals surface area contributed by atoms with Gasteiger partial charge in [0.25, 0.3) is 0 Å². The highest BCUT2D eigenvalue weighted by Crippen LogP contribution is 2.24. The third-order valence-corrected chi connectivity index (χ3v) is 3.60. The zero-order chi connectivity index (χ0) is 19.4. The van der Waals surface area contributed by atoms with E-state index in [9.17, 15) is 0 Å². The first-order valence-electron chi connectivity index (χ1n) is 7.68. The lowest BCUT2D eigenvalue weighted by Gasteiger charge is -2.17. The van der Waals surface area contributed by atoms with Gasteiger partial charge in [-0.1, -0.05) is 65.2 Å². The van der Waals surface area contributed by atoms with Gasteiger partial charge in [-0.2, -0.15) is 0 Å². The summed E-state index contributed by atoms with van der Waals surface area (Å²) in [7, 11) is -3.10. The third-order valence-electron chi connectivity index (χ3n) is 3.60. The van der Waals surface area contributed by atoms with E-state index in [4.69, 9.17) is 23.6 Å². The molecule has 0 aliphatic heterocycles. The zero-order valence-electron chi connectivity index (χ0n) is 14.1. The number of hydrogen-bond donors (Lipinski definition) is 0. The largest absolute Gasteiger partial charge is 0.408 e. The van der Waals surface area contributed by atoms with Crippen molar-refractivity contribution >= 4 is 5.78 Å². The third kappa shape index (κ3) is 4.82. The summed E-state index contributed by atoms with van der Waals surface area (Å²) in [6.45, 7) is 0. The van der Waals surface area contributed by atoms with Crippen LogP contribution in [0.15, 0.2) is 66.7 Å². The van der Waals surface area contributed by atoms with Gasteiger partial charge in [0.15, 0.2) is 0 Å². The lowest BCUT2D eigenvalue weighted by molar-refractivity contribution is -2.00. The number of fused-ring (bicyclic) bond motifs is 1. The van der Waals surface area contributed by atoms with E-state index in [0.717, 1.165) is 22.5 Å². The minimum absolute atomic E-state index is 0.709. The van der Waals surface area contributed by atoms with Gasteiger partial charge < -0.3 is 0 Å². The molecule has 0 radical (unpaired) electrons. The minimum Gasteiger partial charge on any atom is -0.222 e. The summed E-state index contributed by atoms with van der Waals surface area (Å²) in [6.07, 6.45) is 0. The van der Waals surface area contributed by atoms with Crippen LogP contribution in [0, 0.1) is 10.2 Å². The molecular formula is C17H14ClN5O4. The Morgan fingerprint density at radius 3 is 1.93 bits per heavy atom. The molecular weight excluding hydrogens is 374 g/mol. The van der Waals surface area contributed by atoms with Crippen LogP contribution in [-0.2, 0) is 7.05 Å². The van der Waals surface area contributed by atoms with Gasteiger partial charge in [0.1, 0.15) is 16.6 Å². The van der Waals surface area contributed by atoms with Gasteiger partial charge in [-0.25, -0.2) is 18.6 Å². The van der Waals surface area contributed by atoms with E-state index in [-0.39, 0.29) is 0 Å². The molecule has 2 aromatic carbocycles. The van der Waals surface area contributed by atoms with Crippen molar-refractivity contribution < 1.29 is 33.6 Å². The lowest BCUT2D eigenvalue weighted by atomic mass is 10.1. The normalized spacial score (nSPS) is 11.1. The van der Waals surface area contributed by atoms with Crippen molar-refractivity contribution in [3.8, 4) is 22.5 Å². The molecule has 27 heavy (non-hydrogen) atoms. The van der Waals surface area contributed by atoms with Crippen LogP contribution >= 0.6 is 0 Å². The average Bonchev–Trinajstić information content (AvgIpc) is 3.02. The molecule has 0 saturated heterocycles. The second-order valence-corrected chi connectivity index (χ2v) is 6.21. The van der Waals surface area contributed by atoms with Crippen molar-refractivity contribution in [2.24, 2.45) is 7.05 Å². The van der Waals surface area contributed by atoms with Crippen molar-refractivity contribution in [3.63, 3.8) is 0 Å². The molecule has 4 aromatic rings. The fourth-order valence-corrected chi connectivity index (χ4v) is 2.49. The van der Waals surface area contributed by atoms with Gasteiger partial charge in [-0.3, -0.25) is 0 Å². The van der Waals surface area contributed by atoms with Gasteiger partial charge in [0.05, 0.1) is 12.3 Å². The van der Waals surface area contributed by atoms with Crippen LogP contribution in [0.5, 0.6) is 0 Å². The first kappa shape index (κ1) is 18.8. The maximum Gasteiger partial charge on any atom is 0.408 e. The van der Waals surface area contributed by atoms with E-state index in [1.165, 1.54) is 0 Å². The Labute approximate surface area is 156 Å². The summed E-state index contributed by atoms with van der Waals surface area (Å²) in [5, 5.41) is 8.28. The van der Waals surface area contributed by atoms with Crippen molar-refractivity contribution in [2.75, 3.05) is 0 Å². The van der Waals surface area contributed by atoms with Crippen LogP contribution in [-0.4, -0.2) is 19.9 Å². The number of halogens is 1. The topological polar surface area (TPSA) is 139 Å². The molecule has 0 spiro atoms. The molecule has 2 heterocycles. The second kappa shape index (κ2) is 7.74. The Kier molecular flexibility index (Phi) is 5.40. The zero-order valence-corrected chi connectivity index (χ0v) is 14.9. The SMILES string of the molecule is C[n+]1nnn2c(-c3ccccc3)cc(-c3ccccc3)nc21.[O-][Cl+3]([O-])([O-])[O-]. The first-order chi connectivity index (χ1) is 12.8. The quantitative estimate of drug-likeness (QED) is 0.347. The van der Waals surface area contributed by atoms with Crippen molar-refractivity contribution in [3.05, 3.63) is 66.7 Å². The molecule has 10 heteroatoms. The van der Waals surface area contributed by atoms with Crippen LogP contribution < -0.4 is 23.3 Å². The van der Waals surface area contributed by atoms with Crippen LogP contribution in [0.25, 0.3) is 28.3 Å². The van der Waals surface area contributed by atoms with Gasteiger partial charge in [0, 0.05) is 17.2 Å². The van der Waals surface area contributed by atoms with E-state index in [0.29, 0.717) is 5.78 Å². The van der Waals surface area contributed by atoms with Crippen LogP contribution in [0.3, 0.4) is 0 Å². The molecule has 4 rings (SSSR count). The fourth-order valence-electron chi connectivity index (χ4n) is 2.49.